The maximum Gasteiger partial charge on any atom is 0.247 e. The fourth-order valence-electron chi connectivity index (χ4n) is 4.57. The number of hydrogen-bond donors (Lipinski definition) is 1. The van der Waals surface area contributed by atoms with Crippen molar-refractivity contribution in [1.82, 2.24) is 10.2 Å². The van der Waals surface area contributed by atoms with Crippen molar-refractivity contribution in [1.29, 1.82) is 0 Å². The highest BCUT2D eigenvalue weighted by molar-refractivity contribution is 6.27. The van der Waals surface area contributed by atoms with E-state index in [2.05, 4.69) is 5.32 Å². The molecule has 3 rings (SSSR count). The third kappa shape index (κ3) is 6.89. The van der Waals surface area contributed by atoms with E-state index < -0.39 is 6.04 Å². The smallest absolute Gasteiger partial charge is 0.247 e. The van der Waals surface area contributed by atoms with Gasteiger partial charge in [-0.3, -0.25) is 9.59 Å². The molecule has 0 unspecified atom stereocenters. The summed E-state index contributed by atoms with van der Waals surface area (Å²) in [5.74, 6) is 0.399. The van der Waals surface area contributed by atoms with Crippen LogP contribution >= 0.6 is 11.6 Å². The largest absolute Gasteiger partial charge is 0.493 e. The predicted octanol–water partition coefficient (Wildman–Crippen LogP) is 4.89. The number of carbonyl (C=O) groups excluding carboxylic acids is 2. The van der Waals surface area contributed by atoms with Gasteiger partial charge in [0.1, 0.15) is 11.9 Å². The summed E-state index contributed by atoms with van der Waals surface area (Å²) in [7, 11) is 3.12. The molecule has 0 bridgehead atoms. The molecule has 1 N–H and O–H groups in total. The summed E-state index contributed by atoms with van der Waals surface area (Å²) in [6, 6.07) is 14.6. The van der Waals surface area contributed by atoms with Gasteiger partial charge in [-0.25, -0.2) is 0 Å². The maximum absolute atomic E-state index is 13.7. The van der Waals surface area contributed by atoms with Crippen LogP contribution in [0.5, 0.6) is 11.5 Å². The molecule has 0 saturated heterocycles. The van der Waals surface area contributed by atoms with Crippen LogP contribution in [0.15, 0.2) is 48.5 Å². The number of benzene rings is 2. The number of rotatable bonds is 10. The van der Waals surface area contributed by atoms with Gasteiger partial charge in [0.25, 0.3) is 0 Å². The predicted molar refractivity (Wildman–Crippen MR) is 134 cm³/mol. The second kappa shape index (κ2) is 13.2. The van der Waals surface area contributed by atoms with Crippen molar-refractivity contribution >= 4 is 23.4 Å². The number of carbonyl (C=O) groups is 2. The molecule has 34 heavy (non-hydrogen) atoms. The van der Waals surface area contributed by atoms with Gasteiger partial charge in [0, 0.05) is 12.6 Å². The van der Waals surface area contributed by atoms with Crippen LogP contribution in [0.25, 0.3) is 0 Å². The normalized spacial score (nSPS) is 15.1. The van der Waals surface area contributed by atoms with Gasteiger partial charge < -0.3 is 19.7 Å². The Morgan fingerprint density at radius 3 is 2.29 bits per heavy atom. The number of nitrogens with one attached hydrogen (secondary N) is 1. The van der Waals surface area contributed by atoms with E-state index in [1.54, 1.807) is 31.3 Å². The first-order valence-corrected chi connectivity index (χ1v) is 12.5. The number of methoxy groups -OCH3 is 2. The number of halogens is 1. The molecule has 6 nitrogen and oxygen atoms in total. The summed E-state index contributed by atoms with van der Waals surface area (Å²) >= 11 is 6.02. The summed E-state index contributed by atoms with van der Waals surface area (Å²) in [6.07, 6.45) is 7.12. The minimum Gasteiger partial charge on any atom is -0.493 e. The Labute approximate surface area is 207 Å². The van der Waals surface area contributed by atoms with Crippen LogP contribution in [0.2, 0.25) is 0 Å². The lowest BCUT2D eigenvalue weighted by Gasteiger charge is -2.32. The summed E-state index contributed by atoms with van der Waals surface area (Å²) in [5.41, 5.74) is 1.75. The lowest BCUT2D eigenvalue weighted by atomic mass is 10.0. The lowest BCUT2D eigenvalue weighted by molar-refractivity contribution is -0.139. The maximum atomic E-state index is 13.7. The molecular weight excluding hydrogens is 452 g/mol. The topological polar surface area (TPSA) is 67.9 Å². The Hall–Kier alpha value is -2.73. The molecule has 0 aliphatic heterocycles. The van der Waals surface area contributed by atoms with Crippen LogP contribution in [0, 0.1) is 0 Å². The zero-order valence-corrected chi connectivity index (χ0v) is 20.9. The Morgan fingerprint density at radius 2 is 1.68 bits per heavy atom. The molecule has 1 saturated carbocycles. The fourth-order valence-corrected chi connectivity index (χ4v) is 4.72. The molecule has 0 radical (unpaired) electrons. The minimum absolute atomic E-state index is 0.111. The van der Waals surface area contributed by atoms with Gasteiger partial charge in [-0.05, 0) is 42.5 Å². The van der Waals surface area contributed by atoms with Crippen LogP contribution in [0.3, 0.4) is 0 Å². The van der Waals surface area contributed by atoms with Crippen molar-refractivity contribution in [3.63, 3.8) is 0 Å². The number of amides is 2. The first kappa shape index (κ1) is 25.9. The van der Waals surface area contributed by atoms with Gasteiger partial charge in [0.2, 0.25) is 11.8 Å². The van der Waals surface area contributed by atoms with E-state index in [0.29, 0.717) is 30.0 Å². The monoisotopic (exact) mass is 486 g/mol. The molecule has 1 aliphatic rings. The van der Waals surface area contributed by atoms with E-state index in [0.717, 1.165) is 31.2 Å². The number of alkyl halides is 1. The molecule has 1 fully saturated rings. The quantitative estimate of drug-likeness (QED) is 0.383. The molecule has 1 atom stereocenters. The molecule has 2 amide bonds. The standard InChI is InChI=1S/C27H35ClN2O4/c1-33-23-15-14-21(18-24(23)34-2)26(27(32)29-22-12-8-3-4-9-13-22)30(25(31)19-28)17-16-20-10-6-5-7-11-20/h5-7,10-11,14-15,18,22,26H,3-4,8-9,12-13,16-17,19H2,1-2H3,(H,29,32)/t26-/m1/s1. The molecule has 7 heteroatoms. The molecule has 1 aliphatic carbocycles. The van der Waals surface area contributed by atoms with Crippen LogP contribution in [0.4, 0.5) is 0 Å². The van der Waals surface area contributed by atoms with E-state index in [1.807, 2.05) is 36.4 Å². The van der Waals surface area contributed by atoms with Crippen molar-refractivity contribution in [3.05, 3.63) is 59.7 Å². The number of nitrogens with zero attached hydrogens (tertiary/aromatic N) is 1. The molecular formula is C27H35ClN2O4. The number of hydrogen-bond acceptors (Lipinski definition) is 4. The molecule has 0 aromatic heterocycles. The Morgan fingerprint density at radius 1 is 1.00 bits per heavy atom. The zero-order valence-electron chi connectivity index (χ0n) is 20.1. The van der Waals surface area contributed by atoms with Crippen molar-refractivity contribution < 1.29 is 19.1 Å². The first-order valence-electron chi connectivity index (χ1n) is 12.0. The first-order chi connectivity index (χ1) is 16.6. The van der Waals surface area contributed by atoms with Crippen molar-refractivity contribution in [3.8, 4) is 11.5 Å². The van der Waals surface area contributed by atoms with Gasteiger partial charge in [-0.15, -0.1) is 11.6 Å². The van der Waals surface area contributed by atoms with Crippen LogP contribution < -0.4 is 14.8 Å². The van der Waals surface area contributed by atoms with Crippen LogP contribution in [-0.4, -0.2) is 49.4 Å². The Bertz CT molecular complexity index is 929. The Balaban J connectivity index is 1.94. The molecule has 2 aromatic rings. The van der Waals surface area contributed by atoms with E-state index >= 15 is 0 Å². The molecule has 0 heterocycles. The van der Waals surface area contributed by atoms with Crippen molar-refractivity contribution in [2.45, 2.75) is 57.0 Å². The van der Waals surface area contributed by atoms with Crippen molar-refractivity contribution in [2.24, 2.45) is 0 Å². The van der Waals surface area contributed by atoms with Gasteiger partial charge >= 0.3 is 0 Å². The SMILES string of the molecule is COc1ccc([C@H](C(=O)NC2CCCCCC2)N(CCc2ccccc2)C(=O)CCl)cc1OC. The highest BCUT2D eigenvalue weighted by Crippen LogP contribution is 2.33. The highest BCUT2D eigenvalue weighted by Gasteiger charge is 2.33. The summed E-state index contributed by atoms with van der Waals surface area (Å²) in [5, 5.41) is 3.23. The second-order valence-corrected chi connectivity index (χ2v) is 8.94. The van der Waals surface area contributed by atoms with E-state index in [1.165, 1.54) is 12.8 Å². The van der Waals surface area contributed by atoms with E-state index in [4.69, 9.17) is 21.1 Å². The van der Waals surface area contributed by atoms with E-state index in [9.17, 15) is 9.59 Å². The van der Waals surface area contributed by atoms with Crippen LogP contribution in [0.1, 0.15) is 55.7 Å². The van der Waals surface area contributed by atoms with Crippen LogP contribution in [-0.2, 0) is 16.0 Å². The van der Waals surface area contributed by atoms with Gasteiger partial charge in [0.15, 0.2) is 11.5 Å². The minimum atomic E-state index is -0.821. The average molecular weight is 487 g/mol. The van der Waals surface area contributed by atoms with Gasteiger partial charge in [-0.1, -0.05) is 62.1 Å². The molecule has 184 valence electrons. The highest BCUT2D eigenvalue weighted by atomic mass is 35.5. The second-order valence-electron chi connectivity index (χ2n) is 8.67. The average Bonchev–Trinajstić information content (AvgIpc) is 3.14. The third-order valence-electron chi connectivity index (χ3n) is 6.40. The zero-order chi connectivity index (χ0) is 24.3. The van der Waals surface area contributed by atoms with Gasteiger partial charge in [-0.2, -0.15) is 0 Å². The van der Waals surface area contributed by atoms with E-state index in [-0.39, 0.29) is 23.7 Å². The Kier molecular flexibility index (Phi) is 10.1. The lowest BCUT2D eigenvalue weighted by Crippen LogP contribution is -2.47. The number of ether oxygens (including phenoxy) is 2. The summed E-state index contributed by atoms with van der Waals surface area (Å²) in [6.45, 7) is 0.368. The fraction of sp³-hybridized carbons (Fsp3) is 0.481. The summed E-state index contributed by atoms with van der Waals surface area (Å²) < 4.78 is 10.9. The summed E-state index contributed by atoms with van der Waals surface area (Å²) in [4.78, 5) is 28.4. The molecule has 2 aromatic carbocycles. The third-order valence-corrected chi connectivity index (χ3v) is 6.63. The molecule has 0 spiro atoms. The van der Waals surface area contributed by atoms with Gasteiger partial charge in [0.05, 0.1) is 14.2 Å². The van der Waals surface area contributed by atoms with Crippen molar-refractivity contribution in [2.75, 3.05) is 26.6 Å².